The molecular weight excluding hydrogens is 356 g/mol. The fourth-order valence-corrected chi connectivity index (χ4v) is 4.49. The summed E-state index contributed by atoms with van der Waals surface area (Å²) in [7, 11) is -1.96. The number of sulfonamides is 1. The normalized spacial score (nSPS) is 19.2. The molecule has 2 N–H and O–H groups in total. The summed E-state index contributed by atoms with van der Waals surface area (Å²) in [5.41, 5.74) is 0.282. The van der Waals surface area contributed by atoms with E-state index in [1.165, 1.54) is 6.92 Å². The molecule has 2 heterocycles. The minimum atomic E-state index is -3.84. The van der Waals surface area contributed by atoms with Crippen molar-refractivity contribution in [2.24, 2.45) is 5.92 Å². The molecule has 1 aliphatic heterocycles. The molecule has 2 unspecified atom stereocenters. The minimum absolute atomic E-state index is 0. The van der Waals surface area contributed by atoms with Crippen LogP contribution in [0.2, 0.25) is 0 Å². The highest BCUT2D eigenvalue weighted by atomic mass is 35.5. The Morgan fingerprint density at radius 3 is 2.67 bits per heavy atom. The zero-order valence-corrected chi connectivity index (χ0v) is 16.0. The van der Waals surface area contributed by atoms with Gasteiger partial charge in [-0.2, -0.15) is 4.72 Å². The number of carbonyl (C=O) groups excluding carboxylic acids is 1. The average Bonchev–Trinajstić information content (AvgIpc) is 3.05. The molecule has 0 bridgehead atoms. The Morgan fingerprint density at radius 2 is 2.12 bits per heavy atom. The molecule has 0 aromatic carbocycles. The van der Waals surface area contributed by atoms with Crippen LogP contribution in [0.1, 0.15) is 24.8 Å². The van der Waals surface area contributed by atoms with Crippen molar-refractivity contribution in [3.8, 4) is 0 Å². The Morgan fingerprint density at radius 1 is 1.46 bits per heavy atom. The Hall–Kier alpha value is -1.16. The number of carbonyl (C=O) groups is 1. The lowest BCUT2D eigenvalue weighted by atomic mass is 10.1. The van der Waals surface area contributed by atoms with Crippen molar-refractivity contribution < 1.29 is 17.7 Å². The van der Waals surface area contributed by atoms with E-state index in [4.69, 9.17) is 4.52 Å². The summed E-state index contributed by atoms with van der Waals surface area (Å²) in [5.74, 6) is 0.416. The Balaban J connectivity index is 0.00000288. The molecule has 0 spiro atoms. The maximum absolute atomic E-state index is 12.5. The van der Waals surface area contributed by atoms with E-state index in [2.05, 4.69) is 15.2 Å². The third-order valence-corrected chi connectivity index (χ3v) is 5.81. The van der Waals surface area contributed by atoms with Crippen LogP contribution in [0.3, 0.4) is 0 Å². The molecule has 10 heteroatoms. The van der Waals surface area contributed by atoms with Gasteiger partial charge in [0.05, 0.1) is 6.04 Å². The van der Waals surface area contributed by atoms with Crippen molar-refractivity contribution in [1.82, 2.24) is 20.1 Å². The number of halogens is 1. The summed E-state index contributed by atoms with van der Waals surface area (Å²) in [5, 5.41) is 6.75. The van der Waals surface area contributed by atoms with Gasteiger partial charge in [-0.05, 0) is 46.7 Å². The van der Waals surface area contributed by atoms with Crippen LogP contribution in [-0.2, 0) is 14.8 Å². The van der Waals surface area contributed by atoms with E-state index in [1.54, 1.807) is 18.7 Å². The lowest BCUT2D eigenvalue weighted by molar-refractivity contribution is -0.131. The highest BCUT2D eigenvalue weighted by Gasteiger charge is 2.32. The predicted octanol–water partition coefficient (Wildman–Crippen LogP) is 0.448. The summed E-state index contributed by atoms with van der Waals surface area (Å²) in [6, 6.07) is -0.831. The lowest BCUT2D eigenvalue weighted by Gasteiger charge is -2.21. The second-order valence-electron chi connectivity index (χ2n) is 5.99. The van der Waals surface area contributed by atoms with E-state index in [0.717, 1.165) is 13.0 Å². The van der Waals surface area contributed by atoms with Gasteiger partial charge in [-0.25, -0.2) is 8.42 Å². The van der Waals surface area contributed by atoms with E-state index in [9.17, 15) is 13.2 Å². The highest BCUT2D eigenvalue weighted by molar-refractivity contribution is 7.89. The summed E-state index contributed by atoms with van der Waals surface area (Å²) in [6.45, 7) is 6.80. The minimum Gasteiger partial charge on any atom is -0.360 e. The standard InChI is InChI=1S/C14H24N4O4S.ClH/c1-9-13(11(3)22-16-9)23(20,21)17-10(2)14(19)18-6-5-12(8-18)7-15-4;/h10,12,15,17H,5-8H2,1-4H3;1H. The molecule has 138 valence electrons. The number of nitrogens with zero attached hydrogens (tertiary/aromatic N) is 2. The van der Waals surface area contributed by atoms with Gasteiger partial charge in [-0.1, -0.05) is 5.16 Å². The van der Waals surface area contributed by atoms with Crippen LogP contribution in [0.25, 0.3) is 0 Å². The number of nitrogens with one attached hydrogen (secondary N) is 2. The first kappa shape index (κ1) is 20.9. The number of rotatable bonds is 6. The molecule has 1 aliphatic rings. The molecule has 1 aromatic rings. The summed E-state index contributed by atoms with van der Waals surface area (Å²) < 4.78 is 32.2. The average molecular weight is 381 g/mol. The van der Waals surface area contributed by atoms with E-state index >= 15 is 0 Å². The second kappa shape index (κ2) is 8.28. The molecule has 1 fully saturated rings. The van der Waals surface area contributed by atoms with Gasteiger partial charge >= 0.3 is 0 Å². The highest BCUT2D eigenvalue weighted by Crippen LogP contribution is 2.20. The van der Waals surface area contributed by atoms with E-state index in [-0.39, 0.29) is 34.7 Å². The van der Waals surface area contributed by atoms with Gasteiger partial charge in [0, 0.05) is 13.1 Å². The van der Waals surface area contributed by atoms with Gasteiger partial charge in [0.1, 0.15) is 10.6 Å². The summed E-state index contributed by atoms with van der Waals surface area (Å²) >= 11 is 0. The second-order valence-corrected chi connectivity index (χ2v) is 7.64. The molecule has 1 saturated heterocycles. The largest absolute Gasteiger partial charge is 0.360 e. The van der Waals surface area contributed by atoms with E-state index in [0.29, 0.717) is 19.0 Å². The van der Waals surface area contributed by atoms with Crippen LogP contribution in [0.15, 0.2) is 9.42 Å². The number of aryl methyl sites for hydroxylation is 2. The molecule has 0 saturated carbocycles. The van der Waals surface area contributed by atoms with Crippen LogP contribution in [0.5, 0.6) is 0 Å². The smallest absolute Gasteiger partial charge is 0.246 e. The lowest BCUT2D eigenvalue weighted by Crippen LogP contribution is -2.46. The maximum Gasteiger partial charge on any atom is 0.246 e. The zero-order chi connectivity index (χ0) is 17.2. The van der Waals surface area contributed by atoms with Crippen LogP contribution >= 0.6 is 12.4 Å². The van der Waals surface area contributed by atoms with Gasteiger partial charge in [0.25, 0.3) is 0 Å². The van der Waals surface area contributed by atoms with Crippen LogP contribution < -0.4 is 10.0 Å². The molecule has 24 heavy (non-hydrogen) atoms. The first-order chi connectivity index (χ1) is 10.8. The molecule has 1 aromatic heterocycles. The van der Waals surface area contributed by atoms with Crippen LogP contribution in [0, 0.1) is 19.8 Å². The number of likely N-dealkylation sites (tertiary alicyclic amines) is 1. The molecule has 0 aliphatic carbocycles. The topological polar surface area (TPSA) is 105 Å². The third-order valence-electron chi connectivity index (χ3n) is 4.03. The van der Waals surface area contributed by atoms with Crippen molar-refractivity contribution in [3.63, 3.8) is 0 Å². The number of hydrogen-bond acceptors (Lipinski definition) is 6. The zero-order valence-electron chi connectivity index (χ0n) is 14.3. The Kier molecular flexibility index (Phi) is 7.21. The van der Waals surface area contributed by atoms with Gasteiger partial charge in [0.2, 0.25) is 15.9 Å². The predicted molar refractivity (Wildman–Crippen MR) is 91.6 cm³/mol. The van der Waals surface area contributed by atoms with Gasteiger partial charge in [-0.15, -0.1) is 12.4 Å². The summed E-state index contributed by atoms with van der Waals surface area (Å²) in [4.78, 5) is 14.2. The molecular formula is C14H25ClN4O4S. The van der Waals surface area contributed by atoms with Crippen molar-refractivity contribution in [1.29, 1.82) is 0 Å². The fraction of sp³-hybridized carbons (Fsp3) is 0.714. The Labute approximate surface area is 148 Å². The fourth-order valence-electron chi connectivity index (χ4n) is 2.96. The van der Waals surface area contributed by atoms with Gasteiger partial charge < -0.3 is 14.7 Å². The van der Waals surface area contributed by atoms with Crippen molar-refractivity contribution in [2.45, 2.75) is 38.1 Å². The molecule has 0 radical (unpaired) electrons. The van der Waals surface area contributed by atoms with Crippen molar-refractivity contribution in [2.75, 3.05) is 26.7 Å². The molecule has 8 nitrogen and oxygen atoms in total. The van der Waals surface area contributed by atoms with E-state index in [1.807, 2.05) is 7.05 Å². The quantitative estimate of drug-likeness (QED) is 0.742. The van der Waals surface area contributed by atoms with Crippen molar-refractivity contribution in [3.05, 3.63) is 11.5 Å². The Bertz CT molecular complexity index is 657. The van der Waals surface area contributed by atoms with Gasteiger partial charge in [-0.3, -0.25) is 4.79 Å². The number of aromatic nitrogens is 1. The summed E-state index contributed by atoms with van der Waals surface area (Å²) in [6.07, 6.45) is 0.927. The van der Waals surface area contributed by atoms with E-state index < -0.39 is 16.1 Å². The van der Waals surface area contributed by atoms with Gasteiger partial charge in [0.15, 0.2) is 5.76 Å². The monoisotopic (exact) mass is 380 g/mol. The number of amides is 1. The van der Waals surface area contributed by atoms with Crippen LogP contribution in [0.4, 0.5) is 0 Å². The molecule has 1 amide bonds. The number of hydrogen-bond donors (Lipinski definition) is 2. The molecule has 2 rings (SSSR count). The first-order valence-electron chi connectivity index (χ1n) is 7.65. The van der Waals surface area contributed by atoms with Crippen molar-refractivity contribution >= 4 is 28.3 Å². The first-order valence-corrected chi connectivity index (χ1v) is 9.13. The molecule has 2 atom stereocenters. The third kappa shape index (κ3) is 4.47. The maximum atomic E-state index is 12.5. The SMILES string of the molecule is CNCC1CCN(C(=O)C(C)NS(=O)(=O)c2c(C)noc2C)C1.Cl. The van der Waals surface area contributed by atoms with Crippen LogP contribution in [-0.4, -0.2) is 57.1 Å².